The molecule has 0 fully saturated rings. The molecular formula is C7H12N2O3. The van der Waals surface area contributed by atoms with Crippen LogP contribution in [0.5, 0.6) is 0 Å². The predicted molar refractivity (Wildman–Crippen MR) is 41.4 cm³/mol. The molecule has 5 heteroatoms. The Hall–Kier alpha value is -1.28. The third-order valence-electron chi connectivity index (χ3n) is 1.42. The SMILES string of the molecule is CCC(OCC#N)N(C)C(=O)O. The fraction of sp³-hybridized carbons (Fsp3) is 0.714. The monoisotopic (exact) mass is 172 g/mol. The number of carbonyl (C=O) groups is 1. The van der Waals surface area contributed by atoms with Gasteiger partial charge in [0.1, 0.15) is 12.8 Å². The summed E-state index contributed by atoms with van der Waals surface area (Å²) >= 11 is 0. The Kier molecular flexibility index (Phi) is 4.81. The van der Waals surface area contributed by atoms with Crippen LogP contribution >= 0.6 is 0 Å². The molecule has 0 bridgehead atoms. The van der Waals surface area contributed by atoms with Crippen molar-refractivity contribution in [2.24, 2.45) is 0 Å². The molecule has 12 heavy (non-hydrogen) atoms. The van der Waals surface area contributed by atoms with Crippen LogP contribution in [0.25, 0.3) is 0 Å². The summed E-state index contributed by atoms with van der Waals surface area (Å²) in [6.07, 6.45) is -1.05. The molecule has 0 aliphatic rings. The first kappa shape index (κ1) is 10.7. The van der Waals surface area contributed by atoms with Gasteiger partial charge in [-0.15, -0.1) is 0 Å². The van der Waals surface area contributed by atoms with Gasteiger partial charge in [0, 0.05) is 7.05 Å². The van der Waals surface area contributed by atoms with Gasteiger partial charge in [0.2, 0.25) is 0 Å². The Balaban J connectivity index is 3.97. The highest BCUT2D eigenvalue weighted by molar-refractivity contribution is 5.64. The van der Waals surface area contributed by atoms with Crippen LogP contribution in [0.2, 0.25) is 0 Å². The molecule has 0 radical (unpaired) electrons. The van der Waals surface area contributed by atoms with Crippen LogP contribution in [-0.2, 0) is 4.74 Å². The van der Waals surface area contributed by atoms with Gasteiger partial charge in [-0.05, 0) is 6.42 Å². The molecule has 1 atom stereocenters. The maximum absolute atomic E-state index is 10.4. The first-order chi connectivity index (χ1) is 5.63. The molecule has 5 nitrogen and oxygen atoms in total. The van der Waals surface area contributed by atoms with Crippen molar-refractivity contribution >= 4 is 6.09 Å². The van der Waals surface area contributed by atoms with E-state index < -0.39 is 12.3 Å². The first-order valence-corrected chi connectivity index (χ1v) is 3.57. The van der Waals surface area contributed by atoms with Crippen molar-refractivity contribution < 1.29 is 14.6 Å². The van der Waals surface area contributed by atoms with Crippen LogP contribution in [0, 0.1) is 11.3 Å². The van der Waals surface area contributed by atoms with E-state index >= 15 is 0 Å². The minimum absolute atomic E-state index is 0.0872. The van der Waals surface area contributed by atoms with Gasteiger partial charge < -0.3 is 9.84 Å². The molecule has 1 unspecified atom stereocenters. The zero-order valence-corrected chi connectivity index (χ0v) is 7.15. The zero-order valence-electron chi connectivity index (χ0n) is 7.15. The Labute approximate surface area is 71.2 Å². The molecule has 0 aliphatic heterocycles. The summed E-state index contributed by atoms with van der Waals surface area (Å²) in [6.45, 7) is 1.71. The van der Waals surface area contributed by atoms with Gasteiger partial charge in [0.15, 0.2) is 0 Å². The highest BCUT2D eigenvalue weighted by atomic mass is 16.5. The van der Waals surface area contributed by atoms with Crippen LogP contribution < -0.4 is 0 Å². The van der Waals surface area contributed by atoms with Crippen molar-refractivity contribution in [3.05, 3.63) is 0 Å². The Morgan fingerprint density at radius 1 is 1.83 bits per heavy atom. The van der Waals surface area contributed by atoms with E-state index in [1.54, 1.807) is 13.0 Å². The second-order valence-electron chi connectivity index (χ2n) is 2.23. The van der Waals surface area contributed by atoms with E-state index in [9.17, 15) is 4.79 Å². The van der Waals surface area contributed by atoms with Crippen molar-refractivity contribution in [2.45, 2.75) is 19.6 Å². The average molecular weight is 172 g/mol. The molecular weight excluding hydrogens is 160 g/mol. The van der Waals surface area contributed by atoms with Gasteiger partial charge in [0.05, 0.1) is 6.07 Å². The third-order valence-corrected chi connectivity index (χ3v) is 1.42. The molecule has 0 aromatic rings. The van der Waals surface area contributed by atoms with Crippen LogP contribution in [0.4, 0.5) is 4.79 Å². The van der Waals surface area contributed by atoms with Gasteiger partial charge >= 0.3 is 6.09 Å². The molecule has 0 aromatic heterocycles. The minimum atomic E-state index is -1.06. The fourth-order valence-corrected chi connectivity index (χ4v) is 0.760. The summed E-state index contributed by atoms with van der Waals surface area (Å²) in [4.78, 5) is 11.5. The number of rotatable bonds is 4. The number of hydrogen-bond donors (Lipinski definition) is 1. The van der Waals surface area contributed by atoms with Crippen molar-refractivity contribution in [1.29, 1.82) is 5.26 Å². The summed E-state index contributed by atoms with van der Waals surface area (Å²) in [6, 6.07) is 1.78. The van der Waals surface area contributed by atoms with Gasteiger partial charge in [-0.3, -0.25) is 4.90 Å². The van der Waals surface area contributed by atoms with E-state index in [1.165, 1.54) is 7.05 Å². The maximum Gasteiger partial charge on any atom is 0.409 e. The minimum Gasteiger partial charge on any atom is -0.465 e. The zero-order chi connectivity index (χ0) is 9.56. The number of ether oxygens (including phenoxy) is 1. The van der Waals surface area contributed by atoms with E-state index in [0.29, 0.717) is 6.42 Å². The molecule has 0 spiro atoms. The molecule has 0 aliphatic carbocycles. The first-order valence-electron chi connectivity index (χ1n) is 3.57. The van der Waals surface area contributed by atoms with Crippen LogP contribution in [-0.4, -0.2) is 36.0 Å². The molecule has 0 saturated carbocycles. The van der Waals surface area contributed by atoms with Crippen molar-refractivity contribution in [3.63, 3.8) is 0 Å². The normalized spacial score (nSPS) is 11.8. The Bertz CT molecular complexity index is 188. The summed E-state index contributed by atoms with van der Waals surface area (Å²) < 4.78 is 4.95. The number of carboxylic acid groups (broad SMARTS) is 1. The second-order valence-corrected chi connectivity index (χ2v) is 2.23. The highest BCUT2D eigenvalue weighted by Crippen LogP contribution is 2.02. The number of nitrogens with zero attached hydrogens (tertiary/aromatic N) is 2. The quantitative estimate of drug-likeness (QED) is 0.638. The lowest BCUT2D eigenvalue weighted by Crippen LogP contribution is -2.37. The highest BCUT2D eigenvalue weighted by Gasteiger charge is 2.16. The largest absolute Gasteiger partial charge is 0.465 e. The topological polar surface area (TPSA) is 73.6 Å². The molecule has 1 N–H and O–H groups in total. The number of hydrogen-bond acceptors (Lipinski definition) is 3. The summed E-state index contributed by atoms with van der Waals surface area (Å²) in [5.74, 6) is 0. The summed E-state index contributed by atoms with van der Waals surface area (Å²) in [7, 11) is 1.41. The Morgan fingerprint density at radius 2 is 2.42 bits per heavy atom. The van der Waals surface area contributed by atoms with Crippen molar-refractivity contribution in [3.8, 4) is 6.07 Å². The third kappa shape index (κ3) is 3.21. The molecule has 1 amide bonds. The van der Waals surface area contributed by atoms with Gasteiger partial charge in [-0.25, -0.2) is 4.79 Å². The molecule has 0 rings (SSSR count). The summed E-state index contributed by atoms with van der Waals surface area (Å²) in [5.41, 5.74) is 0. The number of amides is 1. The van der Waals surface area contributed by atoms with Crippen LogP contribution in [0.3, 0.4) is 0 Å². The van der Waals surface area contributed by atoms with Crippen LogP contribution in [0.1, 0.15) is 13.3 Å². The lowest BCUT2D eigenvalue weighted by atomic mass is 10.4. The fourth-order valence-electron chi connectivity index (χ4n) is 0.760. The van der Waals surface area contributed by atoms with Crippen molar-refractivity contribution in [2.75, 3.05) is 13.7 Å². The standard InChI is InChI=1S/C7H12N2O3/c1-3-6(12-5-4-8)9(2)7(10)11/h6H,3,5H2,1-2H3,(H,10,11). The molecule has 0 saturated heterocycles. The van der Waals surface area contributed by atoms with Crippen LogP contribution in [0.15, 0.2) is 0 Å². The van der Waals surface area contributed by atoms with E-state index in [0.717, 1.165) is 4.90 Å². The smallest absolute Gasteiger partial charge is 0.409 e. The van der Waals surface area contributed by atoms with Crippen molar-refractivity contribution in [1.82, 2.24) is 4.90 Å². The maximum atomic E-state index is 10.4. The predicted octanol–water partition coefficient (Wildman–Crippen LogP) is 0.872. The van der Waals surface area contributed by atoms with E-state index in [4.69, 9.17) is 15.1 Å². The molecule has 68 valence electrons. The van der Waals surface area contributed by atoms with Gasteiger partial charge in [-0.1, -0.05) is 6.92 Å². The van der Waals surface area contributed by atoms with E-state index in [1.807, 2.05) is 0 Å². The average Bonchev–Trinajstić information content (AvgIpc) is 2.05. The second kappa shape index (κ2) is 5.38. The van der Waals surface area contributed by atoms with Gasteiger partial charge in [-0.2, -0.15) is 5.26 Å². The van der Waals surface area contributed by atoms with E-state index in [-0.39, 0.29) is 6.61 Å². The lowest BCUT2D eigenvalue weighted by Gasteiger charge is -2.23. The van der Waals surface area contributed by atoms with Gasteiger partial charge in [0.25, 0.3) is 0 Å². The number of nitriles is 1. The molecule has 0 heterocycles. The molecule has 0 aromatic carbocycles. The van der Waals surface area contributed by atoms with E-state index in [2.05, 4.69) is 0 Å². The Morgan fingerprint density at radius 3 is 2.75 bits per heavy atom. The lowest BCUT2D eigenvalue weighted by molar-refractivity contribution is -0.0250. The summed E-state index contributed by atoms with van der Waals surface area (Å²) in [5, 5.41) is 16.7.